The number of aromatic nitrogens is 1. The van der Waals surface area contributed by atoms with Gasteiger partial charge in [0.2, 0.25) is 0 Å². The number of rotatable bonds is 8. The molecule has 14 rings (SSSR count). The van der Waals surface area contributed by atoms with Gasteiger partial charge in [0.15, 0.2) is 0 Å². The van der Waals surface area contributed by atoms with Crippen LogP contribution in [-0.4, -0.2) is 4.57 Å². The molecule has 14 aromatic rings. The van der Waals surface area contributed by atoms with Crippen molar-refractivity contribution in [2.24, 2.45) is 0 Å². The number of para-hydroxylation sites is 5. The van der Waals surface area contributed by atoms with Gasteiger partial charge < -0.3 is 13.9 Å². The molecule has 0 atom stereocenters. The quantitative estimate of drug-likeness (QED) is 0.142. The largest absolute Gasteiger partial charge is 0.456 e. The van der Waals surface area contributed by atoms with Crippen LogP contribution >= 0.6 is 0 Å². The average Bonchev–Trinajstić information content (AvgIpc) is 4.00. The van der Waals surface area contributed by atoms with Crippen molar-refractivity contribution in [2.45, 2.75) is 0 Å². The Morgan fingerprint density at radius 3 is 1.48 bits per heavy atom. The van der Waals surface area contributed by atoms with E-state index in [2.05, 4.69) is 270 Å². The second kappa shape index (κ2) is 16.7. The van der Waals surface area contributed by atoms with E-state index in [0.717, 1.165) is 72.5 Å². The minimum atomic E-state index is 0.874. The zero-order valence-electron chi connectivity index (χ0n) is 38.7. The number of anilines is 3. The number of nitrogens with zero attached hydrogens (tertiary/aromatic N) is 2. The van der Waals surface area contributed by atoms with E-state index in [0.29, 0.717) is 0 Å². The molecular formula is C68H44N2O. The molecule has 3 heteroatoms. The van der Waals surface area contributed by atoms with Crippen molar-refractivity contribution in [1.29, 1.82) is 0 Å². The van der Waals surface area contributed by atoms with Crippen LogP contribution in [0.1, 0.15) is 0 Å². The Labute approximate surface area is 411 Å². The molecule has 2 aromatic heterocycles. The van der Waals surface area contributed by atoms with Crippen LogP contribution < -0.4 is 4.90 Å². The predicted octanol–water partition coefficient (Wildman–Crippen LogP) is 19.1. The third-order valence-electron chi connectivity index (χ3n) is 14.4. The Kier molecular flexibility index (Phi) is 9.53. The second-order valence-corrected chi connectivity index (χ2v) is 18.4. The molecule has 0 radical (unpaired) electrons. The van der Waals surface area contributed by atoms with Crippen LogP contribution in [-0.2, 0) is 0 Å². The molecule has 0 bridgehead atoms. The minimum absolute atomic E-state index is 0.874. The maximum atomic E-state index is 6.46. The highest BCUT2D eigenvalue weighted by Crippen LogP contribution is 2.49. The highest BCUT2D eigenvalue weighted by atomic mass is 16.3. The van der Waals surface area contributed by atoms with Crippen LogP contribution in [0.15, 0.2) is 271 Å². The van der Waals surface area contributed by atoms with Gasteiger partial charge >= 0.3 is 0 Å². The van der Waals surface area contributed by atoms with Gasteiger partial charge in [-0.05, 0) is 128 Å². The first-order valence-corrected chi connectivity index (χ1v) is 24.3. The molecular weight excluding hydrogens is 861 g/mol. The molecule has 3 nitrogen and oxygen atoms in total. The summed E-state index contributed by atoms with van der Waals surface area (Å²) in [5.74, 6) is 0. The van der Waals surface area contributed by atoms with Gasteiger partial charge in [0.05, 0.1) is 22.4 Å². The van der Waals surface area contributed by atoms with E-state index in [4.69, 9.17) is 4.42 Å². The van der Waals surface area contributed by atoms with Gasteiger partial charge in [0.25, 0.3) is 0 Å². The highest BCUT2D eigenvalue weighted by molar-refractivity contribution is 6.17. The van der Waals surface area contributed by atoms with Crippen LogP contribution in [0.5, 0.6) is 0 Å². The summed E-state index contributed by atoms with van der Waals surface area (Å²) >= 11 is 0. The first-order chi connectivity index (χ1) is 35.2. The highest BCUT2D eigenvalue weighted by Gasteiger charge is 2.24. The molecule has 71 heavy (non-hydrogen) atoms. The molecule has 0 fully saturated rings. The number of hydrogen-bond acceptors (Lipinski definition) is 2. The lowest BCUT2D eigenvalue weighted by Crippen LogP contribution is -2.12. The van der Waals surface area contributed by atoms with E-state index in [9.17, 15) is 0 Å². The fourth-order valence-electron chi connectivity index (χ4n) is 11.2. The van der Waals surface area contributed by atoms with Gasteiger partial charge in [-0.2, -0.15) is 0 Å². The fraction of sp³-hybridized carbons (Fsp3) is 0. The van der Waals surface area contributed by atoms with Gasteiger partial charge in [-0.25, -0.2) is 0 Å². The van der Waals surface area contributed by atoms with E-state index in [1.807, 2.05) is 6.07 Å². The number of hydrogen-bond donors (Lipinski definition) is 0. The lowest BCUT2D eigenvalue weighted by molar-refractivity contribution is 0.669. The van der Waals surface area contributed by atoms with Crippen molar-refractivity contribution in [2.75, 3.05) is 4.90 Å². The molecule has 0 saturated heterocycles. The van der Waals surface area contributed by atoms with E-state index >= 15 is 0 Å². The van der Waals surface area contributed by atoms with E-state index in [1.165, 1.54) is 60.0 Å². The Balaban J connectivity index is 0.897. The average molecular weight is 905 g/mol. The summed E-state index contributed by atoms with van der Waals surface area (Å²) < 4.78 is 8.83. The molecule has 0 unspecified atom stereocenters. The summed E-state index contributed by atoms with van der Waals surface area (Å²) in [6.07, 6.45) is 0. The summed E-state index contributed by atoms with van der Waals surface area (Å²) in [6.45, 7) is 0. The molecule has 12 aromatic carbocycles. The van der Waals surface area contributed by atoms with Gasteiger partial charge in [0.1, 0.15) is 11.2 Å². The van der Waals surface area contributed by atoms with Crippen molar-refractivity contribution < 1.29 is 4.42 Å². The van der Waals surface area contributed by atoms with Gasteiger partial charge in [0, 0.05) is 44.0 Å². The summed E-state index contributed by atoms with van der Waals surface area (Å²) in [5, 5.41) is 9.68. The number of furan rings is 1. The summed E-state index contributed by atoms with van der Waals surface area (Å²) in [5.41, 5.74) is 17.8. The van der Waals surface area contributed by atoms with Crippen LogP contribution in [0.25, 0.3) is 115 Å². The first kappa shape index (κ1) is 40.6. The van der Waals surface area contributed by atoms with Crippen LogP contribution in [0.2, 0.25) is 0 Å². The molecule has 0 saturated carbocycles. The first-order valence-electron chi connectivity index (χ1n) is 24.3. The van der Waals surface area contributed by atoms with Crippen molar-refractivity contribution in [3.63, 3.8) is 0 Å². The maximum absolute atomic E-state index is 6.46. The Hall–Kier alpha value is -9.44. The third-order valence-corrected chi connectivity index (χ3v) is 14.4. The predicted molar refractivity (Wildman–Crippen MR) is 299 cm³/mol. The maximum Gasteiger partial charge on any atom is 0.136 e. The molecule has 0 aliphatic carbocycles. The topological polar surface area (TPSA) is 21.3 Å². The molecule has 332 valence electrons. The monoisotopic (exact) mass is 904 g/mol. The van der Waals surface area contributed by atoms with Crippen LogP contribution in [0.4, 0.5) is 17.1 Å². The fourth-order valence-corrected chi connectivity index (χ4v) is 11.2. The molecule has 0 aliphatic rings. The molecule has 0 aliphatic heterocycles. The molecule has 2 heterocycles. The lowest BCUT2D eigenvalue weighted by Gasteiger charge is -2.30. The standard InChI is InChI=1S/C68H44N2O/c1-2-20-52-49(17-1)44-61(54-22-4-3-21-53(52)54)58-26-8-13-32-65(58)70(64-31-12-7-25-57(64)59-28-16-34-67-68(59)60-27-9-14-33-66(60)71-67)51-41-37-46(38-42-51)48-19-15-18-47(43-48)45-35-39-50(40-36-45)69-62-29-10-5-23-55(62)56-24-6-11-30-63(56)69/h1-44H. The number of benzene rings is 12. The summed E-state index contributed by atoms with van der Waals surface area (Å²) in [4.78, 5) is 2.45. The van der Waals surface area contributed by atoms with E-state index in [1.54, 1.807) is 0 Å². The summed E-state index contributed by atoms with van der Waals surface area (Å²) in [6, 6.07) is 96.8. The molecule has 0 spiro atoms. The van der Waals surface area contributed by atoms with Gasteiger partial charge in [-0.1, -0.05) is 194 Å². The smallest absolute Gasteiger partial charge is 0.136 e. The Morgan fingerprint density at radius 1 is 0.296 bits per heavy atom. The Morgan fingerprint density at radius 2 is 0.789 bits per heavy atom. The van der Waals surface area contributed by atoms with Gasteiger partial charge in [-0.15, -0.1) is 0 Å². The minimum Gasteiger partial charge on any atom is -0.456 e. The van der Waals surface area contributed by atoms with Crippen molar-refractivity contribution >= 4 is 82.4 Å². The van der Waals surface area contributed by atoms with Crippen molar-refractivity contribution in [3.05, 3.63) is 267 Å². The van der Waals surface area contributed by atoms with Crippen molar-refractivity contribution in [1.82, 2.24) is 4.57 Å². The van der Waals surface area contributed by atoms with Crippen LogP contribution in [0.3, 0.4) is 0 Å². The Bertz CT molecular complexity index is 4290. The van der Waals surface area contributed by atoms with E-state index < -0.39 is 0 Å². The van der Waals surface area contributed by atoms with E-state index in [-0.39, 0.29) is 0 Å². The lowest BCUT2D eigenvalue weighted by atomic mass is 9.91. The zero-order chi connectivity index (χ0) is 46.8. The zero-order valence-corrected chi connectivity index (χ0v) is 38.7. The van der Waals surface area contributed by atoms with Gasteiger partial charge in [-0.3, -0.25) is 0 Å². The SMILES string of the molecule is c1cc(-c2ccc(N(c3ccccc3-c3cc4ccccc4c4ccccc34)c3ccccc3-c3cccc4oc5ccccc5c34)cc2)cc(-c2ccc(-n3c4ccccc4c4ccccc43)cc2)c1. The normalized spacial score (nSPS) is 11.7. The second-order valence-electron chi connectivity index (χ2n) is 18.4. The molecule has 0 amide bonds. The third kappa shape index (κ3) is 6.74. The molecule has 0 N–H and O–H groups in total. The summed E-state index contributed by atoms with van der Waals surface area (Å²) in [7, 11) is 0. The van der Waals surface area contributed by atoms with Crippen LogP contribution in [0, 0.1) is 0 Å². The number of fused-ring (bicyclic) bond motifs is 9. The van der Waals surface area contributed by atoms with Crippen molar-refractivity contribution in [3.8, 4) is 50.2 Å².